The van der Waals surface area contributed by atoms with Crippen molar-refractivity contribution in [2.45, 2.75) is 11.4 Å². The number of rotatable bonds is 6. The SMILES string of the molecule is COc1cc(CNS(=O)c2ccc(F)c(C#N)c2)nc(-c2ccccn2)c1. The van der Waals surface area contributed by atoms with Crippen molar-refractivity contribution in [2.75, 3.05) is 7.11 Å². The highest BCUT2D eigenvalue weighted by molar-refractivity contribution is 7.83. The van der Waals surface area contributed by atoms with Crippen LogP contribution in [0, 0.1) is 17.1 Å². The highest BCUT2D eigenvalue weighted by Gasteiger charge is 2.11. The van der Waals surface area contributed by atoms with Crippen LogP contribution < -0.4 is 9.46 Å². The Hall–Kier alpha value is -3.15. The number of ether oxygens (including phenoxy) is 1. The van der Waals surface area contributed by atoms with Crippen molar-refractivity contribution in [3.63, 3.8) is 0 Å². The van der Waals surface area contributed by atoms with Crippen molar-refractivity contribution in [3.05, 3.63) is 71.8 Å². The van der Waals surface area contributed by atoms with Crippen LogP contribution in [0.3, 0.4) is 0 Å². The second kappa shape index (κ2) is 8.49. The molecular weight excluding hydrogens is 367 g/mol. The Morgan fingerprint density at radius 2 is 2.07 bits per heavy atom. The molecule has 27 heavy (non-hydrogen) atoms. The number of pyridine rings is 2. The Morgan fingerprint density at radius 1 is 1.22 bits per heavy atom. The van der Waals surface area contributed by atoms with Crippen LogP contribution in [0.1, 0.15) is 11.3 Å². The van der Waals surface area contributed by atoms with E-state index in [0.29, 0.717) is 27.7 Å². The van der Waals surface area contributed by atoms with Crippen LogP contribution in [-0.4, -0.2) is 21.3 Å². The van der Waals surface area contributed by atoms with Crippen molar-refractivity contribution in [2.24, 2.45) is 0 Å². The fraction of sp³-hybridized carbons (Fsp3) is 0.105. The first-order valence-electron chi connectivity index (χ1n) is 7.92. The van der Waals surface area contributed by atoms with Gasteiger partial charge in [-0.1, -0.05) is 6.07 Å². The van der Waals surface area contributed by atoms with Gasteiger partial charge in [-0.05, 0) is 30.3 Å². The first-order valence-corrected chi connectivity index (χ1v) is 9.07. The maximum Gasteiger partial charge on any atom is 0.141 e. The molecular formula is C19H15FN4O2S. The molecule has 3 rings (SSSR count). The zero-order chi connectivity index (χ0) is 19.2. The lowest BCUT2D eigenvalue weighted by molar-refractivity contribution is 0.413. The van der Waals surface area contributed by atoms with Crippen molar-refractivity contribution >= 4 is 11.0 Å². The smallest absolute Gasteiger partial charge is 0.141 e. The van der Waals surface area contributed by atoms with E-state index in [2.05, 4.69) is 14.7 Å². The minimum Gasteiger partial charge on any atom is -0.497 e. The molecule has 1 atom stereocenters. The first kappa shape index (κ1) is 18.6. The quantitative estimate of drug-likeness (QED) is 0.708. The van der Waals surface area contributed by atoms with Crippen molar-refractivity contribution < 1.29 is 13.3 Å². The van der Waals surface area contributed by atoms with Gasteiger partial charge in [-0.3, -0.25) is 4.98 Å². The third-order valence-electron chi connectivity index (χ3n) is 3.67. The van der Waals surface area contributed by atoms with Gasteiger partial charge < -0.3 is 4.74 Å². The number of hydrogen-bond donors (Lipinski definition) is 1. The average molecular weight is 382 g/mol. The molecule has 0 radical (unpaired) electrons. The molecule has 2 aromatic heterocycles. The van der Waals surface area contributed by atoms with Crippen LogP contribution in [0.5, 0.6) is 5.75 Å². The lowest BCUT2D eigenvalue weighted by Crippen LogP contribution is -2.18. The van der Waals surface area contributed by atoms with Gasteiger partial charge >= 0.3 is 0 Å². The number of benzene rings is 1. The molecule has 2 heterocycles. The topological polar surface area (TPSA) is 87.9 Å². The first-order chi connectivity index (χ1) is 13.1. The molecule has 1 N–H and O–H groups in total. The van der Waals surface area contributed by atoms with Crippen molar-refractivity contribution in [3.8, 4) is 23.2 Å². The summed E-state index contributed by atoms with van der Waals surface area (Å²) in [7, 11) is -0.0775. The minimum atomic E-state index is -1.63. The van der Waals surface area contributed by atoms with Crippen LogP contribution in [0.2, 0.25) is 0 Å². The third-order valence-corrected chi connectivity index (χ3v) is 4.76. The van der Waals surface area contributed by atoms with Crippen molar-refractivity contribution in [1.82, 2.24) is 14.7 Å². The Morgan fingerprint density at radius 3 is 2.78 bits per heavy atom. The summed E-state index contributed by atoms with van der Waals surface area (Å²) < 4.78 is 33.9. The second-order valence-electron chi connectivity index (χ2n) is 5.44. The van der Waals surface area contributed by atoms with Gasteiger partial charge in [0.15, 0.2) is 0 Å². The average Bonchev–Trinajstić information content (AvgIpc) is 2.72. The molecule has 0 spiro atoms. The Balaban J connectivity index is 1.79. The van der Waals surface area contributed by atoms with Gasteiger partial charge in [-0.2, -0.15) is 5.26 Å². The van der Waals surface area contributed by atoms with Crippen LogP contribution in [-0.2, 0) is 17.5 Å². The van der Waals surface area contributed by atoms with Gasteiger partial charge in [-0.15, -0.1) is 0 Å². The summed E-state index contributed by atoms with van der Waals surface area (Å²) in [6, 6.07) is 14.5. The number of nitriles is 1. The maximum absolute atomic E-state index is 13.4. The van der Waals surface area contributed by atoms with E-state index in [1.165, 1.54) is 12.1 Å². The van der Waals surface area contributed by atoms with E-state index in [0.717, 1.165) is 6.07 Å². The van der Waals surface area contributed by atoms with E-state index in [-0.39, 0.29) is 12.1 Å². The number of halogens is 1. The van der Waals surface area contributed by atoms with Gasteiger partial charge in [0.05, 0.1) is 41.2 Å². The normalized spacial score (nSPS) is 11.6. The number of methoxy groups -OCH3 is 1. The third kappa shape index (κ3) is 4.53. The number of nitrogens with zero attached hydrogens (tertiary/aromatic N) is 3. The zero-order valence-electron chi connectivity index (χ0n) is 14.3. The van der Waals surface area contributed by atoms with Crippen LogP contribution in [0.25, 0.3) is 11.4 Å². The summed E-state index contributed by atoms with van der Waals surface area (Å²) in [6.07, 6.45) is 1.67. The molecule has 3 aromatic rings. The summed E-state index contributed by atoms with van der Waals surface area (Å²) >= 11 is 0. The van der Waals surface area contributed by atoms with E-state index in [1.54, 1.807) is 31.5 Å². The van der Waals surface area contributed by atoms with E-state index in [9.17, 15) is 8.60 Å². The van der Waals surface area contributed by atoms with Gasteiger partial charge in [0.1, 0.15) is 28.6 Å². The molecule has 1 aromatic carbocycles. The molecule has 1 unspecified atom stereocenters. The lowest BCUT2D eigenvalue weighted by Gasteiger charge is -2.09. The molecule has 8 heteroatoms. The summed E-state index contributed by atoms with van der Waals surface area (Å²) in [6.45, 7) is 0.183. The van der Waals surface area contributed by atoms with E-state index in [4.69, 9.17) is 10.00 Å². The van der Waals surface area contributed by atoms with Gasteiger partial charge in [0, 0.05) is 18.3 Å². The van der Waals surface area contributed by atoms with Crippen molar-refractivity contribution in [1.29, 1.82) is 5.26 Å². The Labute approximate surface area is 158 Å². The summed E-state index contributed by atoms with van der Waals surface area (Å²) in [5, 5.41) is 8.89. The Kier molecular flexibility index (Phi) is 5.86. The molecule has 6 nitrogen and oxygen atoms in total. The maximum atomic E-state index is 13.4. The standard InChI is InChI=1S/C19H15FN4O2S/c1-26-15-9-14(24-19(10-15)18-4-2-3-7-22-18)12-23-27(25)16-5-6-17(20)13(8-16)11-21/h2-10,23H,12H2,1H3. The number of hydrogen-bond acceptors (Lipinski definition) is 5. The molecule has 0 fully saturated rings. The minimum absolute atomic E-state index is 0.153. The molecule has 0 saturated carbocycles. The summed E-state index contributed by atoms with van der Waals surface area (Å²) in [5.74, 6) is -0.0468. The number of aromatic nitrogens is 2. The van der Waals surface area contributed by atoms with Crippen LogP contribution in [0.15, 0.2) is 59.6 Å². The second-order valence-corrected chi connectivity index (χ2v) is 6.74. The lowest BCUT2D eigenvalue weighted by atomic mass is 10.2. The summed E-state index contributed by atoms with van der Waals surface area (Å²) in [4.78, 5) is 9.09. The van der Waals surface area contributed by atoms with Gasteiger partial charge in [0.2, 0.25) is 0 Å². The van der Waals surface area contributed by atoms with E-state index < -0.39 is 16.8 Å². The largest absolute Gasteiger partial charge is 0.497 e. The predicted molar refractivity (Wildman–Crippen MR) is 98.4 cm³/mol. The highest BCUT2D eigenvalue weighted by atomic mass is 32.2. The summed E-state index contributed by atoms with van der Waals surface area (Å²) in [5.41, 5.74) is 1.77. The fourth-order valence-electron chi connectivity index (χ4n) is 2.34. The fourth-order valence-corrected chi connectivity index (χ4v) is 3.20. The molecule has 0 amide bonds. The molecule has 0 aliphatic rings. The van der Waals surface area contributed by atoms with E-state index in [1.807, 2.05) is 18.2 Å². The molecule has 136 valence electrons. The zero-order valence-corrected chi connectivity index (χ0v) is 15.2. The van der Waals surface area contributed by atoms with Gasteiger partial charge in [-0.25, -0.2) is 18.3 Å². The molecule has 0 aliphatic carbocycles. The van der Waals surface area contributed by atoms with Gasteiger partial charge in [0.25, 0.3) is 0 Å². The molecule has 0 saturated heterocycles. The highest BCUT2D eigenvalue weighted by Crippen LogP contribution is 2.21. The van der Waals surface area contributed by atoms with Crippen LogP contribution in [0.4, 0.5) is 4.39 Å². The van der Waals surface area contributed by atoms with Crippen LogP contribution >= 0.6 is 0 Å². The Bertz CT molecular complexity index is 1020. The number of nitrogens with one attached hydrogen (secondary N) is 1. The van der Waals surface area contributed by atoms with E-state index >= 15 is 0 Å². The molecule has 0 bridgehead atoms. The molecule has 0 aliphatic heterocycles. The monoisotopic (exact) mass is 382 g/mol. The predicted octanol–water partition coefficient (Wildman–Crippen LogP) is 2.98.